The molecule has 45 heavy (non-hydrogen) atoms. The Balaban J connectivity index is 1.17. The SMILES string of the molecule is Cc1c(-c2cc(OC(CO)c3ccc(F)cn3)c3c(OC(F)F)cnn3c2)nn2c1CCN(C1CC3CC1CC3NC#N)CC2. The van der Waals surface area contributed by atoms with E-state index in [2.05, 4.69) is 31.2 Å². The molecule has 5 atom stereocenters. The van der Waals surface area contributed by atoms with E-state index in [4.69, 9.17) is 19.8 Å². The third-order valence-electron chi connectivity index (χ3n) is 9.64. The van der Waals surface area contributed by atoms with E-state index in [0.717, 1.165) is 56.4 Å². The van der Waals surface area contributed by atoms with Crippen molar-refractivity contribution in [1.82, 2.24) is 34.6 Å². The fourth-order valence-corrected chi connectivity index (χ4v) is 7.61. The van der Waals surface area contributed by atoms with Crippen molar-refractivity contribution >= 4 is 5.52 Å². The number of aliphatic hydroxyl groups excluding tert-OH is 1. The summed E-state index contributed by atoms with van der Waals surface area (Å²) in [6.07, 6.45) is 9.16. The first-order valence-corrected chi connectivity index (χ1v) is 15.1. The zero-order chi connectivity index (χ0) is 31.2. The Hall–Kier alpha value is -4.35. The average molecular weight is 623 g/mol. The van der Waals surface area contributed by atoms with Gasteiger partial charge in [-0.15, -0.1) is 0 Å². The van der Waals surface area contributed by atoms with Gasteiger partial charge in [0.1, 0.15) is 5.82 Å². The van der Waals surface area contributed by atoms with Crippen molar-refractivity contribution in [2.24, 2.45) is 11.8 Å². The number of ether oxygens (including phenoxy) is 2. The Kier molecular flexibility index (Phi) is 7.74. The summed E-state index contributed by atoms with van der Waals surface area (Å²) in [5, 5.41) is 31.4. The Morgan fingerprint density at radius 3 is 2.69 bits per heavy atom. The second-order valence-corrected chi connectivity index (χ2v) is 12.1. The molecule has 14 heteroatoms. The van der Waals surface area contributed by atoms with Crippen LogP contribution in [0.15, 0.2) is 36.8 Å². The number of nitrogens with one attached hydrogen (secondary N) is 1. The van der Waals surface area contributed by atoms with Crippen molar-refractivity contribution in [3.8, 4) is 28.9 Å². The number of nitrogens with zero attached hydrogens (tertiary/aromatic N) is 7. The Labute approximate surface area is 257 Å². The molecule has 0 saturated heterocycles. The van der Waals surface area contributed by atoms with Gasteiger partial charge >= 0.3 is 6.61 Å². The highest BCUT2D eigenvalue weighted by Crippen LogP contribution is 2.47. The molecular formula is C31H33F3N8O3. The number of aliphatic hydroxyl groups is 1. The van der Waals surface area contributed by atoms with Gasteiger partial charge in [0.15, 0.2) is 29.3 Å². The van der Waals surface area contributed by atoms with Crippen LogP contribution in [0.4, 0.5) is 13.2 Å². The smallest absolute Gasteiger partial charge is 0.387 e. The summed E-state index contributed by atoms with van der Waals surface area (Å²) in [6, 6.07) is 5.10. The maximum Gasteiger partial charge on any atom is 0.387 e. The monoisotopic (exact) mass is 622 g/mol. The minimum Gasteiger partial charge on any atom is -0.479 e. The van der Waals surface area contributed by atoms with Gasteiger partial charge in [-0.3, -0.25) is 14.6 Å². The number of aromatic nitrogens is 5. The molecule has 2 aliphatic carbocycles. The van der Waals surface area contributed by atoms with Crippen LogP contribution in [0.25, 0.3) is 16.8 Å². The van der Waals surface area contributed by atoms with Crippen molar-refractivity contribution in [3.63, 3.8) is 0 Å². The molecule has 2 fully saturated rings. The Morgan fingerprint density at radius 1 is 1.11 bits per heavy atom. The standard InChI is InChI=1S/C31H33F3N8O3/c1-17-24-4-5-40(25-10-18-8-19(25)9-23(18)37-16-35)6-7-41(24)39-29(17)20-11-26(30-27(45-31(33)34)13-38-42(30)14-20)44-28(15-43)22-3-2-21(32)12-36-22/h2-3,11-14,18-19,23,25,28,31,37,43H,4-10,15H2,1H3. The van der Waals surface area contributed by atoms with E-state index in [-0.39, 0.29) is 22.7 Å². The van der Waals surface area contributed by atoms with Crippen LogP contribution in [0.1, 0.15) is 42.3 Å². The van der Waals surface area contributed by atoms with Crippen LogP contribution < -0.4 is 14.8 Å². The quantitative estimate of drug-likeness (QED) is 0.212. The minimum absolute atomic E-state index is 0.125. The molecule has 2 N–H and O–H groups in total. The van der Waals surface area contributed by atoms with Crippen LogP contribution in [-0.2, 0) is 13.0 Å². The number of halogens is 3. The number of alkyl halides is 2. The van der Waals surface area contributed by atoms with E-state index < -0.39 is 25.1 Å². The molecule has 5 heterocycles. The third-order valence-corrected chi connectivity index (χ3v) is 9.64. The molecule has 7 rings (SSSR count). The molecule has 0 amide bonds. The molecule has 4 aromatic heterocycles. The summed E-state index contributed by atoms with van der Waals surface area (Å²) in [4.78, 5) is 6.61. The van der Waals surface area contributed by atoms with Gasteiger partial charge < -0.3 is 19.9 Å². The molecule has 236 valence electrons. The van der Waals surface area contributed by atoms with Crippen molar-refractivity contribution in [2.45, 2.75) is 64.0 Å². The van der Waals surface area contributed by atoms with Gasteiger partial charge in [0.2, 0.25) is 0 Å². The zero-order valence-electron chi connectivity index (χ0n) is 24.6. The fourth-order valence-electron chi connectivity index (χ4n) is 7.61. The highest BCUT2D eigenvalue weighted by Gasteiger charge is 2.48. The van der Waals surface area contributed by atoms with Gasteiger partial charge in [0.25, 0.3) is 0 Å². The summed E-state index contributed by atoms with van der Waals surface area (Å²) in [7, 11) is 0. The number of hydrogen-bond acceptors (Lipinski definition) is 9. The molecule has 2 saturated carbocycles. The van der Waals surface area contributed by atoms with Crippen molar-refractivity contribution in [1.29, 1.82) is 5.26 Å². The molecule has 1 aliphatic heterocycles. The van der Waals surface area contributed by atoms with Gasteiger partial charge in [0.05, 0.1) is 36.9 Å². The number of hydrogen-bond donors (Lipinski definition) is 2. The number of fused-ring (bicyclic) bond motifs is 4. The second kappa shape index (κ2) is 11.9. The van der Waals surface area contributed by atoms with Crippen LogP contribution >= 0.6 is 0 Å². The van der Waals surface area contributed by atoms with Crippen molar-refractivity contribution < 1.29 is 27.8 Å². The van der Waals surface area contributed by atoms with Crippen LogP contribution in [0, 0.1) is 36.0 Å². The topological polar surface area (TPSA) is 126 Å². The summed E-state index contributed by atoms with van der Waals surface area (Å²) in [5.74, 6) is 0.549. The number of rotatable bonds is 9. The lowest BCUT2D eigenvalue weighted by Crippen LogP contribution is -2.44. The summed E-state index contributed by atoms with van der Waals surface area (Å²) in [6.45, 7) is 0.963. The van der Waals surface area contributed by atoms with Crippen LogP contribution in [0.5, 0.6) is 11.5 Å². The molecule has 0 aromatic carbocycles. The first kappa shape index (κ1) is 29.4. The maximum atomic E-state index is 13.5. The predicted molar refractivity (Wildman–Crippen MR) is 155 cm³/mol. The fraction of sp³-hybridized carbons (Fsp3) is 0.484. The first-order valence-electron chi connectivity index (χ1n) is 15.1. The van der Waals surface area contributed by atoms with E-state index >= 15 is 0 Å². The van der Waals surface area contributed by atoms with E-state index in [1.165, 1.54) is 29.3 Å². The third kappa shape index (κ3) is 5.44. The van der Waals surface area contributed by atoms with Crippen molar-refractivity contribution in [3.05, 3.63) is 59.6 Å². The Morgan fingerprint density at radius 2 is 1.98 bits per heavy atom. The summed E-state index contributed by atoms with van der Waals surface area (Å²) >= 11 is 0. The molecule has 5 unspecified atom stereocenters. The van der Waals surface area contributed by atoms with Crippen LogP contribution in [0.3, 0.4) is 0 Å². The van der Waals surface area contributed by atoms with E-state index in [9.17, 15) is 18.3 Å². The highest BCUT2D eigenvalue weighted by atomic mass is 19.3. The lowest BCUT2D eigenvalue weighted by atomic mass is 9.90. The molecule has 3 aliphatic rings. The summed E-state index contributed by atoms with van der Waals surface area (Å²) in [5.41, 5.74) is 3.90. The molecule has 4 aromatic rings. The first-order chi connectivity index (χ1) is 21.8. The van der Waals surface area contributed by atoms with Gasteiger partial charge in [0, 0.05) is 49.0 Å². The number of pyridine rings is 2. The van der Waals surface area contributed by atoms with Gasteiger partial charge in [-0.25, -0.2) is 8.91 Å². The molecule has 2 bridgehead atoms. The molecule has 0 radical (unpaired) electrons. The highest BCUT2D eigenvalue weighted by molar-refractivity contribution is 5.75. The van der Waals surface area contributed by atoms with Crippen molar-refractivity contribution in [2.75, 3.05) is 19.7 Å². The lowest BCUT2D eigenvalue weighted by Gasteiger charge is -2.35. The van der Waals surface area contributed by atoms with Gasteiger partial charge in [-0.1, -0.05) is 0 Å². The molecule has 0 spiro atoms. The molecule has 11 nitrogen and oxygen atoms in total. The Bertz CT molecular complexity index is 1740. The van der Waals surface area contributed by atoms with Crippen LogP contribution in [0.2, 0.25) is 0 Å². The van der Waals surface area contributed by atoms with E-state index in [1.54, 1.807) is 12.3 Å². The van der Waals surface area contributed by atoms with Gasteiger partial charge in [-0.2, -0.15) is 24.2 Å². The summed E-state index contributed by atoms with van der Waals surface area (Å²) < 4.78 is 54.3. The maximum absolute atomic E-state index is 13.5. The lowest BCUT2D eigenvalue weighted by molar-refractivity contribution is -0.0489. The normalized spacial score (nSPS) is 23.6. The predicted octanol–water partition coefficient (Wildman–Crippen LogP) is 3.85. The van der Waals surface area contributed by atoms with Crippen LogP contribution in [-0.4, -0.2) is 72.8 Å². The largest absolute Gasteiger partial charge is 0.479 e. The zero-order valence-corrected chi connectivity index (χ0v) is 24.6. The minimum atomic E-state index is -3.08. The molecular weight excluding hydrogens is 589 g/mol. The number of nitriles is 1. The second-order valence-electron chi connectivity index (χ2n) is 12.1. The van der Waals surface area contributed by atoms with Gasteiger partial charge in [-0.05, 0) is 61.8 Å². The van der Waals surface area contributed by atoms with E-state index in [1.807, 2.05) is 6.92 Å². The van der Waals surface area contributed by atoms with E-state index in [0.29, 0.717) is 35.2 Å². The average Bonchev–Trinajstić information content (AvgIpc) is 3.77.